The first kappa shape index (κ1) is 20.1. The van der Waals surface area contributed by atoms with E-state index in [2.05, 4.69) is 0 Å². The molecule has 8 heteroatoms. The van der Waals surface area contributed by atoms with Crippen LogP contribution in [0.1, 0.15) is 11.3 Å². The predicted molar refractivity (Wildman–Crippen MR) is 122 cm³/mol. The fourth-order valence-corrected chi connectivity index (χ4v) is 4.51. The lowest BCUT2D eigenvalue weighted by molar-refractivity contribution is -0.384. The highest BCUT2D eigenvalue weighted by Crippen LogP contribution is 2.33. The highest BCUT2D eigenvalue weighted by atomic mass is 32.2. The van der Waals surface area contributed by atoms with Crippen molar-refractivity contribution in [1.82, 2.24) is 9.47 Å². The van der Waals surface area contributed by atoms with E-state index in [0.29, 0.717) is 21.5 Å². The van der Waals surface area contributed by atoms with Gasteiger partial charge in [0.2, 0.25) is 0 Å². The number of nitrogens with zero attached hydrogens (tertiary/aromatic N) is 3. The van der Waals surface area contributed by atoms with Gasteiger partial charge >= 0.3 is 0 Å². The van der Waals surface area contributed by atoms with Crippen LogP contribution >= 0.6 is 24.0 Å². The van der Waals surface area contributed by atoms with E-state index in [9.17, 15) is 14.9 Å². The molecule has 0 radical (unpaired) electrons. The van der Waals surface area contributed by atoms with Gasteiger partial charge in [0.15, 0.2) is 0 Å². The lowest BCUT2D eigenvalue weighted by atomic mass is 10.1. The van der Waals surface area contributed by atoms with Crippen LogP contribution in [0.15, 0.2) is 77.8 Å². The smallest absolute Gasteiger partial charge is 0.271 e. The maximum atomic E-state index is 12.9. The van der Waals surface area contributed by atoms with Crippen molar-refractivity contribution in [3.8, 4) is 5.69 Å². The largest absolute Gasteiger partial charge is 0.317 e. The number of hydrogen-bond acceptors (Lipinski definition) is 5. The molecule has 0 saturated carbocycles. The van der Waals surface area contributed by atoms with E-state index >= 15 is 0 Å². The molecule has 1 fully saturated rings. The molecule has 0 atom stereocenters. The molecule has 1 aliphatic rings. The van der Waals surface area contributed by atoms with Crippen molar-refractivity contribution in [1.29, 1.82) is 0 Å². The monoisotopic (exact) mass is 435 g/mol. The van der Waals surface area contributed by atoms with E-state index in [1.165, 1.54) is 23.9 Å². The zero-order valence-corrected chi connectivity index (χ0v) is 17.4. The molecule has 0 unspecified atom stereocenters. The second kappa shape index (κ2) is 8.64. The summed E-state index contributed by atoms with van der Waals surface area (Å²) in [5.74, 6) is -0.118. The number of carbonyl (C=O) groups is 1. The second-order valence-corrected chi connectivity index (χ2v) is 8.32. The highest BCUT2D eigenvalue weighted by Gasteiger charge is 2.31. The third-order valence-corrected chi connectivity index (χ3v) is 6.10. The number of benzene rings is 2. The molecule has 4 rings (SSSR count). The summed E-state index contributed by atoms with van der Waals surface area (Å²) < 4.78 is 2.35. The minimum atomic E-state index is -0.426. The molecule has 1 aromatic heterocycles. The topological polar surface area (TPSA) is 68.4 Å². The molecule has 150 valence electrons. The Kier molecular flexibility index (Phi) is 5.78. The highest BCUT2D eigenvalue weighted by molar-refractivity contribution is 8.26. The Morgan fingerprint density at radius 3 is 2.63 bits per heavy atom. The van der Waals surface area contributed by atoms with E-state index in [1.54, 1.807) is 29.3 Å². The van der Waals surface area contributed by atoms with Gasteiger partial charge in [0.1, 0.15) is 4.32 Å². The van der Waals surface area contributed by atoms with Gasteiger partial charge < -0.3 is 4.57 Å². The summed E-state index contributed by atoms with van der Waals surface area (Å²) in [6.07, 6.45) is 4.31. The van der Waals surface area contributed by atoms with Gasteiger partial charge in [0.25, 0.3) is 11.6 Å². The standard InChI is InChI=1S/C22H17N3O3S2/c26-21-20(30-22(29)24(21)13-11-16-6-2-1-3-7-16)15-18-10-5-12-23(18)17-8-4-9-19(14-17)25(27)28/h1-10,12,14-15H,11,13H2. The summed E-state index contributed by atoms with van der Waals surface area (Å²) in [6.45, 7) is 0.526. The molecule has 1 amide bonds. The number of amides is 1. The Bertz CT molecular complexity index is 1160. The Labute approximate surface area is 183 Å². The molecule has 1 aliphatic heterocycles. The van der Waals surface area contributed by atoms with Crippen molar-refractivity contribution in [2.24, 2.45) is 0 Å². The molecule has 0 N–H and O–H groups in total. The minimum absolute atomic E-state index is 0.0133. The van der Waals surface area contributed by atoms with Crippen LogP contribution in [0, 0.1) is 10.1 Å². The number of carbonyl (C=O) groups excluding carboxylic acids is 1. The molecule has 0 spiro atoms. The number of nitro benzene ring substituents is 1. The van der Waals surface area contributed by atoms with Crippen molar-refractivity contribution < 1.29 is 9.72 Å². The molecular weight excluding hydrogens is 418 g/mol. The van der Waals surface area contributed by atoms with Gasteiger partial charge in [-0.3, -0.25) is 19.8 Å². The van der Waals surface area contributed by atoms with Crippen LogP contribution in [-0.4, -0.2) is 31.2 Å². The molecule has 1 saturated heterocycles. The fourth-order valence-electron chi connectivity index (χ4n) is 3.22. The number of thiocarbonyl (C=S) groups is 1. The first-order valence-corrected chi connectivity index (χ1v) is 10.5. The zero-order valence-electron chi connectivity index (χ0n) is 15.8. The summed E-state index contributed by atoms with van der Waals surface area (Å²) in [5.41, 5.74) is 2.56. The third-order valence-electron chi connectivity index (χ3n) is 4.72. The van der Waals surface area contributed by atoms with Crippen LogP contribution in [0.3, 0.4) is 0 Å². The Balaban J connectivity index is 1.55. The Morgan fingerprint density at radius 2 is 1.87 bits per heavy atom. The maximum Gasteiger partial charge on any atom is 0.271 e. The molecular formula is C22H17N3O3S2. The van der Waals surface area contributed by atoms with Crippen molar-refractivity contribution in [3.63, 3.8) is 0 Å². The molecule has 2 aromatic carbocycles. The van der Waals surface area contributed by atoms with Gasteiger partial charge in [0.05, 0.1) is 15.5 Å². The lowest BCUT2D eigenvalue weighted by Gasteiger charge is -2.14. The SMILES string of the molecule is O=C1C(=Cc2cccn2-c2cccc([N+](=O)[O-])c2)SC(=S)N1CCc1ccccc1. The molecule has 6 nitrogen and oxygen atoms in total. The van der Waals surface area contributed by atoms with Gasteiger partial charge in [-0.05, 0) is 36.3 Å². The summed E-state index contributed by atoms with van der Waals surface area (Å²) >= 11 is 6.70. The van der Waals surface area contributed by atoms with Crippen molar-refractivity contribution in [2.75, 3.05) is 6.54 Å². The summed E-state index contributed by atoms with van der Waals surface area (Å²) in [6, 6.07) is 20.0. The number of rotatable bonds is 6. The van der Waals surface area contributed by atoms with Crippen molar-refractivity contribution in [3.05, 3.63) is 99.2 Å². The predicted octanol–water partition coefficient (Wildman–Crippen LogP) is 4.83. The normalized spacial score (nSPS) is 15.2. The quantitative estimate of drug-likeness (QED) is 0.240. The van der Waals surface area contributed by atoms with Crippen LogP contribution in [0.2, 0.25) is 0 Å². The molecule has 3 aromatic rings. The summed E-state index contributed by atoms with van der Waals surface area (Å²) in [5, 5.41) is 11.1. The minimum Gasteiger partial charge on any atom is -0.317 e. The van der Waals surface area contributed by atoms with E-state index < -0.39 is 4.92 Å². The van der Waals surface area contributed by atoms with Gasteiger partial charge in [-0.25, -0.2) is 0 Å². The number of non-ortho nitro benzene ring substituents is 1. The fraction of sp³-hybridized carbons (Fsp3) is 0.0909. The number of thioether (sulfide) groups is 1. The number of hydrogen-bond donors (Lipinski definition) is 0. The van der Waals surface area contributed by atoms with Gasteiger partial charge in [-0.1, -0.05) is 60.4 Å². The van der Waals surface area contributed by atoms with Gasteiger partial charge in [-0.2, -0.15) is 0 Å². The average Bonchev–Trinajstić information content (AvgIpc) is 3.32. The van der Waals surface area contributed by atoms with Crippen LogP contribution in [0.5, 0.6) is 0 Å². The van der Waals surface area contributed by atoms with E-state index in [0.717, 1.165) is 17.7 Å². The molecule has 0 aliphatic carbocycles. The van der Waals surface area contributed by atoms with E-state index in [1.807, 2.05) is 47.0 Å². The molecule has 2 heterocycles. The van der Waals surface area contributed by atoms with Crippen LogP contribution < -0.4 is 0 Å². The number of nitro groups is 1. The zero-order chi connectivity index (χ0) is 21.1. The summed E-state index contributed by atoms with van der Waals surface area (Å²) in [4.78, 5) is 25.7. The first-order valence-electron chi connectivity index (χ1n) is 9.24. The number of aromatic nitrogens is 1. The van der Waals surface area contributed by atoms with Crippen LogP contribution in [0.4, 0.5) is 5.69 Å². The third kappa shape index (κ3) is 4.19. The molecule has 30 heavy (non-hydrogen) atoms. The van der Waals surface area contributed by atoms with Gasteiger partial charge in [0, 0.05) is 30.6 Å². The Hall–Kier alpha value is -3.23. The van der Waals surface area contributed by atoms with E-state index in [4.69, 9.17) is 12.2 Å². The summed E-state index contributed by atoms with van der Waals surface area (Å²) in [7, 11) is 0. The van der Waals surface area contributed by atoms with Gasteiger partial charge in [-0.15, -0.1) is 0 Å². The second-order valence-electron chi connectivity index (χ2n) is 6.65. The maximum absolute atomic E-state index is 12.9. The van der Waals surface area contributed by atoms with Crippen molar-refractivity contribution in [2.45, 2.75) is 6.42 Å². The van der Waals surface area contributed by atoms with Crippen LogP contribution in [-0.2, 0) is 11.2 Å². The van der Waals surface area contributed by atoms with E-state index in [-0.39, 0.29) is 11.6 Å². The first-order chi connectivity index (χ1) is 14.5. The van der Waals surface area contributed by atoms with Crippen molar-refractivity contribution >= 4 is 46.0 Å². The Morgan fingerprint density at radius 1 is 1.07 bits per heavy atom. The molecule has 0 bridgehead atoms. The average molecular weight is 436 g/mol. The van der Waals surface area contributed by atoms with Crippen LogP contribution in [0.25, 0.3) is 11.8 Å². The lowest BCUT2D eigenvalue weighted by Crippen LogP contribution is -2.30.